The van der Waals surface area contributed by atoms with Crippen molar-refractivity contribution in [1.29, 1.82) is 0 Å². The molecule has 0 aromatic heterocycles. The van der Waals surface area contributed by atoms with Gasteiger partial charge in [-0.05, 0) is 32.3 Å². The van der Waals surface area contributed by atoms with Gasteiger partial charge in [-0.25, -0.2) is 0 Å². The Morgan fingerprint density at radius 3 is 2.27 bits per heavy atom. The first-order valence-electron chi connectivity index (χ1n) is 4.64. The number of rotatable bonds is 6. The van der Waals surface area contributed by atoms with Crippen molar-refractivity contribution in [3.8, 4) is 0 Å². The van der Waals surface area contributed by atoms with Crippen LogP contribution in [0.5, 0.6) is 0 Å². The fraction of sp³-hybridized carbons (Fsp3) is 0.800. The predicted molar refractivity (Wildman–Crippen MR) is 76.2 cm³/mol. The summed E-state index contributed by atoms with van der Waals surface area (Å²) in [5.74, 6) is 0.347. The molecule has 0 N–H and O–H groups in total. The molecule has 0 aliphatic heterocycles. The minimum absolute atomic E-state index is 0.0759. The van der Waals surface area contributed by atoms with Crippen LogP contribution in [0.4, 0.5) is 0 Å². The lowest BCUT2D eigenvalue weighted by Crippen LogP contribution is -2.25. The summed E-state index contributed by atoms with van der Waals surface area (Å²) < 4.78 is 0. The smallest absolute Gasteiger partial charge is 0.0581 e. The molecule has 0 saturated carbocycles. The molecular weight excluding hydrogens is 342 g/mol. The van der Waals surface area contributed by atoms with Gasteiger partial charge < -0.3 is 0 Å². The Bertz CT molecular complexity index is 220. The second-order valence-corrected chi connectivity index (χ2v) is 6.63. The largest absolute Gasteiger partial charge is 0.121 e. The molecule has 0 aliphatic rings. The number of hydrogen-bond acceptors (Lipinski definition) is 0. The fourth-order valence-electron chi connectivity index (χ4n) is 1.01. The molecule has 0 aromatic rings. The summed E-state index contributed by atoms with van der Waals surface area (Å²) >= 11 is 27.3. The van der Waals surface area contributed by atoms with Gasteiger partial charge in [0.15, 0.2) is 0 Å². The zero-order chi connectivity index (χ0) is 12.1. The molecule has 90 valence electrons. The lowest BCUT2D eigenvalue weighted by atomic mass is 10.0. The first-order chi connectivity index (χ1) is 6.82. The van der Waals surface area contributed by atoms with E-state index < -0.39 is 4.87 Å². The molecule has 0 spiro atoms. The first kappa shape index (κ1) is 16.4. The average Bonchev–Trinajstić information content (AvgIpc) is 2.16. The van der Waals surface area contributed by atoms with Crippen LogP contribution in [-0.4, -0.2) is 21.5 Å². The first-order valence-corrected chi connectivity index (χ1v) is 7.49. The highest BCUT2D eigenvalue weighted by Crippen LogP contribution is 2.29. The van der Waals surface area contributed by atoms with Crippen molar-refractivity contribution in [3.05, 3.63) is 10.6 Å². The molecule has 5 heteroatoms. The van der Waals surface area contributed by atoms with Gasteiger partial charge in [0.25, 0.3) is 0 Å². The molecule has 1 atom stereocenters. The van der Waals surface area contributed by atoms with E-state index in [0.717, 1.165) is 23.7 Å². The summed E-state index contributed by atoms with van der Waals surface area (Å²) in [6.45, 7) is 3.82. The molecule has 0 unspecified atom stereocenters. The minimum atomic E-state index is -0.396. The van der Waals surface area contributed by atoms with Gasteiger partial charge in [-0.2, -0.15) is 0 Å². The Morgan fingerprint density at radius 1 is 1.40 bits per heavy atom. The van der Waals surface area contributed by atoms with Crippen LogP contribution in [0.2, 0.25) is 0 Å². The highest BCUT2D eigenvalue weighted by atomic mass is 79.9. The van der Waals surface area contributed by atoms with Gasteiger partial charge in [0.2, 0.25) is 0 Å². The highest BCUT2D eigenvalue weighted by Gasteiger charge is 2.24. The quantitative estimate of drug-likeness (QED) is 0.550. The topological polar surface area (TPSA) is 0 Å². The second-order valence-electron chi connectivity index (χ2n) is 3.85. The van der Waals surface area contributed by atoms with E-state index in [-0.39, 0.29) is 5.38 Å². The Balaban J connectivity index is 4.25. The predicted octanol–water partition coefficient (Wildman–Crippen LogP) is 5.52. The monoisotopic (exact) mass is 354 g/mol. The van der Waals surface area contributed by atoms with Gasteiger partial charge in [-0.3, -0.25) is 0 Å². The summed E-state index contributed by atoms with van der Waals surface area (Å²) in [6.07, 6.45) is 1.62. The van der Waals surface area contributed by atoms with Crippen molar-refractivity contribution in [2.24, 2.45) is 0 Å². The van der Waals surface area contributed by atoms with Crippen molar-refractivity contribution in [2.75, 3.05) is 11.2 Å². The van der Waals surface area contributed by atoms with Crippen LogP contribution in [0.1, 0.15) is 26.7 Å². The van der Waals surface area contributed by atoms with Gasteiger partial charge in [-0.1, -0.05) is 27.5 Å². The Kier molecular flexibility index (Phi) is 8.36. The normalized spacial score (nSPS) is 16.2. The van der Waals surface area contributed by atoms with Crippen molar-refractivity contribution in [3.63, 3.8) is 0 Å². The van der Waals surface area contributed by atoms with E-state index in [4.69, 9.17) is 46.4 Å². The molecule has 0 fully saturated rings. The second kappa shape index (κ2) is 7.66. The molecule has 0 nitrogen and oxygen atoms in total. The van der Waals surface area contributed by atoms with Gasteiger partial charge in [0.05, 0.1) is 16.1 Å². The molecule has 0 rings (SSSR count). The maximum atomic E-state index is 6.16. The summed E-state index contributed by atoms with van der Waals surface area (Å²) in [6, 6.07) is 0. The highest BCUT2D eigenvalue weighted by molar-refractivity contribution is 9.09. The van der Waals surface area contributed by atoms with E-state index in [1.165, 1.54) is 0 Å². The van der Waals surface area contributed by atoms with E-state index in [1.54, 1.807) is 0 Å². The van der Waals surface area contributed by atoms with Crippen LogP contribution >= 0.6 is 62.3 Å². The summed E-state index contributed by atoms with van der Waals surface area (Å²) in [4.78, 5) is -0.396. The van der Waals surface area contributed by atoms with Gasteiger partial charge >= 0.3 is 0 Å². The van der Waals surface area contributed by atoms with E-state index in [2.05, 4.69) is 15.9 Å². The van der Waals surface area contributed by atoms with Crippen LogP contribution in [0.15, 0.2) is 10.6 Å². The molecule has 0 heterocycles. The zero-order valence-electron chi connectivity index (χ0n) is 8.80. The van der Waals surface area contributed by atoms with Crippen LogP contribution in [0.25, 0.3) is 0 Å². The van der Waals surface area contributed by atoms with E-state index in [0.29, 0.717) is 10.9 Å². The number of halogens is 5. The third kappa shape index (κ3) is 6.63. The van der Waals surface area contributed by atoms with Crippen molar-refractivity contribution in [1.82, 2.24) is 0 Å². The Morgan fingerprint density at radius 2 is 1.93 bits per heavy atom. The van der Waals surface area contributed by atoms with Gasteiger partial charge in [0, 0.05) is 10.4 Å². The third-order valence-electron chi connectivity index (χ3n) is 2.11. The van der Waals surface area contributed by atoms with Crippen LogP contribution in [0.3, 0.4) is 0 Å². The summed E-state index contributed by atoms with van der Waals surface area (Å²) in [5.41, 5.74) is 1.10. The molecule has 15 heavy (non-hydrogen) atoms. The van der Waals surface area contributed by atoms with Crippen LogP contribution in [-0.2, 0) is 0 Å². The molecule has 0 bridgehead atoms. The molecule has 0 radical (unpaired) electrons. The molecular formula is C10H15BrCl4. The number of allylic oxidation sites excluding steroid dienone is 2. The lowest BCUT2D eigenvalue weighted by Gasteiger charge is -2.22. The van der Waals surface area contributed by atoms with E-state index >= 15 is 0 Å². The van der Waals surface area contributed by atoms with Crippen LogP contribution in [0, 0.1) is 0 Å². The third-order valence-corrected chi connectivity index (χ3v) is 4.73. The average molecular weight is 357 g/mol. The maximum absolute atomic E-state index is 6.16. The van der Waals surface area contributed by atoms with Crippen molar-refractivity contribution >= 4 is 62.3 Å². The summed E-state index contributed by atoms with van der Waals surface area (Å²) in [5, 5.41) is 1.35. The van der Waals surface area contributed by atoms with Crippen molar-refractivity contribution in [2.45, 2.75) is 36.9 Å². The van der Waals surface area contributed by atoms with E-state index in [9.17, 15) is 0 Å². The van der Waals surface area contributed by atoms with Crippen LogP contribution < -0.4 is 0 Å². The standard InChI is InChI=1S/C10H15BrCl4/c1-10(2,15)9(14)4-3-7(5-11)8(13)6-12/h9H,3-6H2,1-2H3/b8-7-/t9-/m1/s1. The zero-order valence-corrected chi connectivity index (χ0v) is 13.4. The lowest BCUT2D eigenvalue weighted by molar-refractivity contribution is 0.599. The van der Waals surface area contributed by atoms with Crippen molar-refractivity contribution < 1.29 is 0 Å². The van der Waals surface area contributed by atoms with Gasteiger partial charge in [0.1, 0.15) is 0 Å². The number of alkyl halides is 4. The minimum Gasteiger partial charge on any atom is -0.121 e. The fourth-order valence-corrected chi connectivity index (χ4v) is 2.36. The Labute approximate surface area is 120 Å². The maximum Gasteiger partial charge on any atom is 0.0581 e. The molecule has 0 amide bonds. The van der Waals surface area contributed by atoms with E-state index in [1.807, 2.05) is 13.8 Å². The summed E-state index contributed by atoms with van der Waals surface area (Å²) in [7, 11) is 0. The SMILES string of the molecule is CC(C)(Cl)[C@H](Cl)CC/C(CBr)=C(/Cl)CCl. The molecule has 0 saturated heterocycles. The molecule has 0 aliphatic carbocycles. The van der Waals surface area contributed by atoms with Gasteiger partial charge in [-0.15, -0.1) is 34.8 Å². The Hall–Kier alpha value is 1.38. The molecule has 0 aromatic carbocycles. The number of hydrogen-bond donors (Lipinski definition) is 0.